The molecule has 0 atom stereocenters. The van der Waals surface area contributed by atoms with Gasteiger partial charge in [0, 0.05) is 22.4 Å². The molecule has 0 saturated carbocycles. The fourth-order valence-electron chi connectivity index (χ4n) is 1.92. The molecule has 0 aromatic heterocycles. The van der Waals surface area contributed by atoms with Crippen LogP contribution in [-0.4, -0.2) is 23.6 Å². The van der Waals surface area contributed by atoms with Gasteiger partial charge in [-0.05, 0) is 12.1 Å². The van der Waals surface area contributed by atoms with Crippen LogP contribution in [0.15, 0.2) is 36.4 Å². The zero-order valence-corrected chi connectivity index (χ0v) is 11.9. The number of rotatable bonds is 5. The first-order chi connectivity index (χ1) is 9.99. The standard InChI is InChI=1S/C16H17NO4/c1-10(2)16(20)17-13-7-8-14(21-9-15(18)19)12-6-4-3-5-11(12)13/h3-8,10H,9H2,1-2H3,(H,17,20)(H,18,19). The van der Waals surface area contributed by atoms with E-state index in [1.54, 1.807) is 12.1 Å². The average Bonchev–Trinajstić information content (AvgIpc) is 2.46. The van der Waals surface area contributed by atoms with Crippen LogP contribution in [0.2, 0.25) is 0 Å². The van der Waals surface area contributed by atoms with Gasteiger partial charge in [0.15, 0.2) is 6.61 Å². The second kappa shape index (κ2) is 6.26. The predicted octanol–water partition coefficient (Wildman–Crippen LogP) is 2.90. The summed E-state index contributed by atoms with van der Waals surface area (Å²) in [5, 5.41) is 13.1. The molecule has 1 amide bonds. The number of nitrogens with one attached hydrogen (secondary N) is 1. The van der Waals surface area contributed by atoms with E-state index in [1.807, 2.05) is 38.1 Å². The van der Waals surface area contributed by atoms with E-state index in [9.17, 15) is 9.59 Å². The molecule has 110 valence electrons. The quantitative estimate of drug-likeness (QED) is 0.886. The number of hydrogen-bond acceptors (Lipinski definition) is 3. The van der Waals surface area contributed by atoms with E-state index in [2.05, 4.69) is 5.32 Å². The molecule has 2 N–H and O–H groups in total. The largest absolute Gasteiger partial charge is 0.481 e. The van der Waals surface area contributed by atoms with Gasteiger partial charge in [-0.15, -0.1) is 0 Å². The maximum atomic E-state index is 11.8. The van der Waals surface area contributed by atoms with Crippen LogP contribution in [-0.2, 0) is 9.59 Å². The minimum atomic E-state index is -1.03. The molecule has 21 heavy (non-hydrogen) atoms. The smallest absolute Gasteiger partial charge is 0.341 e. The lowest BCUT2D eigenvalue weighted by Crippen LogP contribution is -2.18. The summed E-state index contributed by atoms with van der Waals surface area (Å²) in [4.78, 5) is 22.4. The van der Waals surface area contributed by atoms with Crippen LogP contribution in [0, 0.1) is 5.92 Å². The molecule has 2 aromatic rings. The molecule has 2 rings (SSSR count). The lowest BCUT2D eigenvalue weighted by Gasteiger charge is -2.13. The number of fused-ring (bicyclic) bond motifs is 1. The monoisotopic (exact) mass is 287 g/mol. The van der Waals surface area contributed by atoms with E-state index in [0.717, 1.165) is 10.8 Å². The van der Waals surface area contributed by atoms with Crippen molar-refractivity contribution in [3.8, 4) is 5.75 Å². The van der Waals surface area contributed by atoms with Crippen LogP contribution in [0.25, 0.3) is 10.8 Å². The number of aliphatic carboxylic acids is 1. The molecule has 5 heteroatoms. The van der Waals surface area contributed by atoms with Crippen molar-refractivity contribution in [2.24, 2.45) is 5.92 Å². The van der Waals surface area contributed by atoms with E-state index in [-0.39, 0.29) is 11.8 Å². The fraction of sp³-hybridized carbons (Fsp3) is 0.250. The Bertz CT molecular complexity index is 679. The van der Waals surface area contributed by atoms with E-state index >= 15 is 0 Å². The summed E-state index contributed by atoms with van der Waals surface area (Å²) in [7, 11) is 0. The van der Waals surface area contributed by atoms with Crippen LogP contribution in [0.3, 0.4) is 0 Å². The number of carbonyl (C=O) groups is 2. The van der Waals surface area contributed by atoms with Crippen LogP contribution in [0.4, 0.5) is 5.69 Å². The van der Waals surface area contributed by atoms with Crippen LogP contribution in [0.5, 0.6) is 5.75 Å². The number of benzene rings is 2. The number of carbonyl (C=O) groups excluding carboxylic acids is 1. The predicted molar refractivity (Wildman–Crippen MR) is 80.5 cm³/mol. The summed E-state index contributed by atoms with van der Waals surface area (Å²) in [6, 6.07) is 10.8. The van der Waals surface area contributed by atoms with Crippen molar-refractivity contribution in [1.82, 2.24) is 0 Å². The summed E-state index contributed by atoms with van der Waals surface area (Å²) in [6.07, 6.45) is 0. The Morgan fingerprint density at radius 3 is 2.43 bits per heavy atom. The Morgan fingerprint density at radius 2 is 1.81 bits per heavy atom. The SMILES string of the molecule is CC(C)C(=O)Nc1ccc(OCC(=O)O)c2ccccc12. The van der Waals surface area contributed by atoms with Crippen LogP contribution >= 0.6 is 0 Å². The molecule has 0 bridgehead atoms. The summed E-state index contributed by atoms with van der Waals surface area (Å²) >= 11 is 0. The van der Waals surface area contributed by atoms with Crippen molar-refractivity contribution in [1.29, 1.82) is 0 Å². The lowest BCUT2D eigenvalue weighted by molar-refractivity contribution is -0.139. The highest BCUT2D eigenvalue weighted by Crippen LogP contribution is 2.31. The molecule has 0 unspecified atom stereocenters. The van der Waals surface area contributed by atoms with Crippen molar-refractivity contribution in [3.63, 3.8) is 0 Å². The van der Waals surface area contributed by atoms with Crippen LogP contribution in [0.1, 0.15) is 13.8 Å². The summed E-state index contributed by atoms with van der Waals surface area (Å²) in [5.41, 5.74) is 0.687. The topological polar surface area (TPSA) is 75.6 Å². The van der Waals surface area contributed by atoms with Crippen molar-refractivity contribution in [2.75, 3.05) is 11.9 Å². The summed E-state index contributed by atoms with van der Waals surface area (Å²) < 4.78 is 5.28. The van der Waals surface area contributed by atoms with Gasteiger partial charge in [0.05, 0.1) is 0 Å². The maximum absolute atomic E-state index is 11.8. The van der Waals surface area contributed by atoms with Gasteiger partial charge in [0.25, 0.3) is 0 Å². The zero-order chi connectivity index (χ0) is 15.4. The third kappa shape index (κ3) is 3.51. The van der Waals surface area contributed by atoms with Crippen LogP contribution < -0.4 is 10.1 Å². The Labute approximate surface area is 122 Å². The van der Waals surface area contributed by atoms with Crippen molar-refractivity contribution in [2.45, 2.75) is 13.8 Å². The van der Waals surface area contributed by atoms with Gasteiger partial charge in [-0.3, -0.25) is 4.79 Å². The number of carboxylic acid groups (broad SMARTS) is 1. The summed E-state index contributed by atoms with van der Waals surface area (Å²) in [6.45, 7) is 3.24. The van der Waals surface area contributed by atoms with Crippen molar-refractivity contribution >= 4 is 28.3 Å². The number of ether oxygens (including phenoxy) is 1. The number of carboxylic acids is 1. The Morgan fingerprint density at radius 1 is 1.14 bits per heavy atom. The van der Waals surface area contributed by atoms with Gasteiger partial charge < -0.3 is 15.2 Å². The maximum Gasteiger partial charge on any atom is 0.341 e. The van der Waals surface area contributed by atoms with Gasteiger partial charge in [-0.2, -0.15) is 0 Å². The van der Waals surface area contributed by atoms with Crippen molar-refractivity contribution in [3.05, 3.63) is 36.4 Å². The molecule has 0 aliphatic heterocycles. The molecule has 0 spiro atoms. The van der Waals surface area contributed by atoms with Gasteiger partial charge in [-0.1, -0.05) is 38.1 Å². The van der Waals surface area contributed by atoms with E-state index in [0.29, 0.717) is 11.4 Å². The first-order valence-electron chi connectivity index (χ1n) is 6.66. The molecule has 0 saturated heterocycles. The Hall–Kier alpha value is -2.56. The molecule has 0 heterocycles. The second-order valence-electron chi connectivity index (χ2n) is 4.98. The van der Waals surface area contributed by atoms with E-state index in [1.165, 1.54) is 0 Å². The first kappa shape index (κ1) is 14.8. The highest BCUT2D eigenvalue weighted by atomic mass is 16.5. The molecule has 2 aromatic carbocycles. The van der Waals surface area contributed by atoms with E-state index < -0.39 is 12.6 Å². The zero-order valence-electron chi connectivity index (χ0n) is 11.9. The lowest BCUT2D eigenvalue weighted by atomic mass is 10.1. The molecular weight excluding hydrogens is 270 g/mol. The molecule has 0 aliphatic rings. The van der Waals surface area contributed by atoms with Gasteiger partial charge >= 0.3 is 5.97 Å². The molecular formula is C16H17NO4. The number of hydrogen-bond donors (Lipinski definition) is 2. The summed E-state index contributed by atoms with van der Waals surface area (Å²) in [5.74, 6) is -0.738. The Balaban J connectivity index is 2.39. The minimum Gasteiger partial charge on any atom is -0.481 e. The fourth-order valence-corrected chi connectivity index (χ4v) is 1.92. The van der Waals surface area contributed by atoms with Gasteiger partial charge in [0.1, 0.15) is 5.75 Å². The molecule has 5 nitrogen and oxygen atoms in total. The Kier molecular flexibility index (Phi) is 4.42. The molecule has 0 aliphatic carbocycles. The molecule has 0 fully saturated rings. The van der Waals surface area contributed by atoms with Crippen molar-refractivity contribution < 1.29 is 19.4 Å². The first-order valence-corrected chi connectivity index (χ1v) is 6.66. The normalized spacial score (nSPS) is 10.6. The number of anilines is 1. The third-order valence-corrected chi connectivity index (χ3v) is 3.02. The van der Waals surface area contributed by atoms with Gasteiger partial charge in [0.2, 0.25) is 5.91 Å². The average molecular weight is 287 g/mol. The molecule has 0 radical (unpaired) electrons. The number of amides is 1. The second-order valence-corrected chi connectivity index (χ2v) is 4.98. The minimum absolute atomic E-state index is 0.0700. The third-order valence-electron chi connectivity index (χ3n) is 3.02. The van der Waals surface area contributed by atoms with E-state index in [4.69, 9.17) is 9.84 Å². The van der Waals surface area contributed by atoms with Gasteiger partial charge in [-0.25, -0.2) is 4.79 Å². The highest BCUT2D eigenvalue weighted by Gasteiger charge is 2.12. The highest BCUT2D eigenvalue weighted by molar-refractivity contribution is 6.04.